The minimum atomic E-state index is 0.0170. The van der Waals surface area contributed by atoms with E-state index in [9.17, 15) is 4.79 Å². The molecule has 1 atom stereocenters. The summed E-state index contributed by atoms with van der Waals surface area (Å²) in [5, 5.41) is 5.93. The standard InChI is InChI=1S/C13H22N4O2/c1-4-9(2)16-11(18)7-8-15-13-10(14)5-6-12(17-13)19-3/h5-6,9H,4,7-8,14H2,1-3H3,(H,15,17)(H,16,18). The Balaban J connectivity index is 2.42. The van der Waals surface area contributed by atoms with E-state index >= 15 is 0 Å². The Kier molecular flexibility index (Phi) is 5.92. The molecule has 106 valence electrons. The maximum Gasteiger partial charge on any atom is 0.221 e. The van der Waals surface area contributed by atoms with Gasteiger partial charge in [-0.25, -0.2) is 0 Å². The number of anilines is 2. The highest BCUT2D eigenvalue weighted by molar-refractivity contribution is 5.77. The molecule has 6 heteroatoms. The van der Waals surface area contributed by atoms with Crippen molar-refractivity contribution in [3.05, 3.63) is 12.1 Å². The minimum absolute atomic E-state index is 0.0170. The van der Waals surface area contributed by atoms with E-state index in [1.165, 1.54) is 0 Å². The third-order valence-corrected chi connectivity index (χ3v) is 2.77. The summed E-state index contributed by atoms with van der Waals surface area (Å²) in [7, 11) is 1.54. The van der Waals surface area contributed by atoms with E-state index in [2.05, 4.69) is 15.6 Å². The van der Waals surface area contributed by atoms with Crippen molar-refractivity contribution in [1.29, 1.82) is 0 Å². The summed E-state index contributed by atoms with van der Waals surface area (Å²) in [5.74, 6) is 1.04. The maximum atomic E-state index is 11.6. The minimum Gasteiger partial charge on any atom is -0.481 e. The average Bonchev–Trinajstić information content (AvgIpc) is 2.40. The van der Waals surface area contributed by atoms with Crippen molar-refractivity contribution in [2.75, 3.05) is 24.7 Å². The molecule has 0 saturated carbocycles. The first-order valence-electron chi connectivity index (χ1n) is 6.40. The molecule has 1 unspecified atom stereocenters. The van der Waals surface area contributed by atoms with E-state index in [1.54, 1.807) is 19.2 Å². The molecular formula is C13H22N4O2. The van der Waals surface area contributed by atoms with Crippen LogP contribution in [0.3, 0.4) is 0 Å². The second-order valence-corrected chi connectivity index (χ2v) is 4.35. The molecule has 0 radical (unpaired) electrons. The van der Waals surface area contributed by atoms with Gasteiger partial charge < -0.3 is 21.1 Å². The molecule has 0 spiro atoms. The highest BCUT2D eigenvalue weighted by Gasteiger charge is 2.07. The summed E-state index contributed by atoms with van der Waals surface area (Å²) in [5.41, 5.74) is 6.31. The van der Waals surface area contributed by atoms with Crippen LogP contribution >= 0.6 is 0 Å². The molecule has 0 aliphatic rings. The van der Waals surface area contributed by atoms with Crippen LogP contribution in [0.25, 0.3) is 0 Å². The number of nitrogen functional groups attached to an aromatic ring is 1. The van der Waals surface area contributed by atoms with Gasteiger partial charge in [-0.15, -0.1) is 0 Å². The lowest BCUT2D eigenvalue weighted by molar-refractivity contribution is -0.121. The molecule has 0 saturated heterocycles. The van der Waals surface area contributed by atoms with E-state index in [-0.39, 0.29) is 11.9 Å². The van der Waals surface area contributed by atoms with Gasteiger partial charge in [0, 0.05) is 25.1 Å². The molecule has 0 aromatic carbocycles. The van der Waals surface area contributed by atoms with Gasteiger partial charge >= 0.3 is 0 Å². The lowest BCUT2D eigenvalue weighted by Crippen LogP contribution is -2.33. The van der Waals surface area contributed by atoms with Gasteiger partial charge in [-0.3, -0.25) is 4.79 Å². The van der Waals surface area contributed by atoms with Gasteiger partial charge in [-0.2, -0.15) is 4.98 Å². The van der Waals surface area contributed by atoms with E-state index in [0.717, 1.165) is 6.42 Å². The van der Waals surface area contributed by atoms with Crippen LogP contribution in [0, 0.1) is 0 Å². The Bertz CT molecular complexity index is 423. The number of nitrogens with two attached hydrogens (primary N) is 1. The molecule has 6 nitrogen and oxygen atoms in total. The van der Waals surface area contributed by atoms with Crippen LogP contribution in [-0.2, 0) is 4.79 Å². The van der Waals surface area contributed by atoms with Crippen molar-refractivity contribution in [3.63, 3.8) is 0 Å². The van der Waals surface area contributed by atoms with Gasteiger partial charge in [0.1, 0.15) is 0 Å². The zero-order valence-electron chi connectivity index (χ0n) is 11.7. The molecule has 0 bridgehead atoms. The molecule has 0 aliphatic heterocycles. The monoisotopic (exact) mass is 266 g/mol. The Morgan fingerprint density at radius 2 is 2.26 bits per heavy atom. The van der Waals surface area contributed by atoms with Crippen molar-refractivity contribution in [2.24, 2.45) is 0 Å². The molecule has 0 fully saturated rings. The number of carbonyl (C=O) groups excluding carboxylic acids is 1. The van der Waals surface area contributed by atoms with Gasteiger partial charge in [0.25, 0.3) is 0 Å². The number of amides is 1. The largest absolute Gasteiger partial charge is 0.481 e. The first-order valence-corrected chi connectivity index (χ1v) is 6.40. The van der Waals surface area contributed by atoms with Crippen molar-refractivity contribution < 1.29 is 9.53 Å². The zero-order valence-corrected chi connectivity index (χ0v) is 11.7. The molecule has 4 N–H and O–H groups in total. The van der Waals surface area contributed by atoms with Crippen molar-refractivity contribution in [2.45, 2.75) is 32.7 Å². The van der Waals surface area contributed by atoms with Crippen molar-refractivity contribution in [1.82, 2.24) is 10.3 Å². The van der Waals surface area contributed by atoms with Crippen LogP contribution in [0.2, 0.25) is 0 Å². The van der Waals surface area contributed by atoms with Crippen LogP contribution in [0.4, 0.5) is 11.5 Å². The molecule has 1 aromatic rings. The molecule has 0 aliphatic carbocycles. The normalized spacial score (nSPS) is 11.7. The summed E-state index contributed by atoms with van der Waals surface area (Å²) >= 11 is 0. The van der Waals surface area contributed by atoms with E-state index in [4.69, 9.17) is 10.5 Å². The summed E-state index contributed by atoms with van der Waals surface area (Å²) < 4.78 is 5.02. The van der Waals surface area contributed by atoms with Crippen LogP contribution in [-0.4, -0.2) is 30.6 Å². The van der Waals surface area contributed by atoms with Crippen LogP contribution in [0.5, 0.6) is 5.88 Å². The Labute approximate surface area is 113 Å². The Hall–Kier alpha value is -1.98. The van der Waals surface area contributed by atoms with Gasteiger partial charge in [0.05, 0.1) is 12.8 Å². The van der Waals surface area contributed by atoms with E-state index in [0.29, 0.717) is 30.4 Å². The number of hydrogen-bond acceptors (Lipinski definition) is 5. The number of nitrogens with zero attached hydrogens (tertiary/aromatic N) is 1. The second-order valence-electron chi connectivity index (χ2n) is 4.35. The van der Waals surface area contributed by atoms with Gasteiger partial charge in [0.15, 0.2) is 5.82 Å². The third kappa shape index (κ3) is 5.03. The van der Waals surface area contributed by atoms with E-state index in [1.807, 2.05) is 13.8 Å². The second kappa shape index (κ2) is 7.45. The maximum absolute atomic E-state index is 11.6. The number of carbonyl (C=O) groups is 1. The quantitative estimate of drug-likeness (QED) is 0.694. The zero-order chi connectivity index (χ0) is 14.3. The SMILES string of the molecule is CCC(C)NC(=O)CCNc1nc(OC)ccc1N. The highest BCUT2D eigenvalue weighted by atomic mass is 16.5. The van der Waals surface area contributed by atoms with Gasteiger partial charge in [-0.05, 0) is 19.4 Å². The summed E-state index contributed by atoms with van der Waals surface area (Å²) in [4.78, 5) is 15.8. The van der Waals surface area contributed by atoms with Crippen LogP contribution in [0.15, 0.2) is 12.1 Å². The predicted octanol–water partition coefficient (Wildman–Crippen LogP) is 1.39. The number of methoxy groups -OCH3 is 1. The van der Waals surface area contributed by atoms with Crippen LogP contribution in [0.1, 0.15) is 26.7 Å². The van der Waals surface area contributed by atoms with Gasteiger partial charge in [-0.1, -0.05) is 6.92 Å². The Morgan fingerprint density at radius 3 is 2.89 bits per heavy atom. The predicted molar refractivity (Wildman–Crippen MR) is 76.2 cm³/mol. The highest BCUT2D eigenvalue weighted by Crippen LogP contribution is 2.19. The van der Waals surface area contributed by atoms with Crippen LogP contribution < -0.4 is 21.1 Å². The third-order valence-electron chi connectivity index (χ3n) is 2.77. The molecule has 1 amide bonds. The lowest BCUT2D eigenvalue weighted by atomic mass is 10.2. The van der Waals surface area contributed by atoms with Crippen molar-refractivity contribution in [3.8, 4) is 5.88 Å². The number of aromatic nitrogens is 1. The average molecular weight is 266 g/mol. The number of rotatable bonds is 7. The topological polar surface area (TPSA) is 89.3 Å². The van der Waals surface area contributed by atoms with Crippen molar-refractivity contribution >= 4 is 17.4 Å². The molecular weight excluding hydrogens is 244 g/mol. The number of nitrogens with one attached hydrogen (secondary N) is 2. The van der Waals surface area contributed by atoms with Gasteiger partial charge in [0.2, 0.25) is 11.8 Å². The summed E-state index contributed by atoms with van der Waals surface area (Å²) in [6.45, 7) is 4.49. The number of pyridine rings is 1. The fraction of sp³-hybridized carbons (Fsp3) is 0.538. The fourth-order valence-corrected chi connectivity index (χ4v) is 1.45. The molecule has 1 aromatic heterocycles. The number of hydrogen-bond donors (Lipinski definition) is 3. The summed E-state index contributed by atoms with van der Waals surface area (Å²) in [6.07, 6.45) is 1.30. The molecule has 1 rings (SSSR count). The Morgan fingerprint density at radius 1 is 1.53 bits per heavy atom. The molecule has 19 heavy (non-hydrogen) atoms. The fourth-order valence-electron chi connectivity index (χ4n) is 1.45. The summed E-state index contributed by atoms with van der Waals surface area (Å²) in [6, 6.07) is 3.61. The van der Waals surface area contributed by atoms with E-state index < -0.39 is 0 Å². The first kappa shape index (κ1) is 15.1. The smallest absolute Gasteiger partial charge is 0.221 e. The lowest BCUT2D eigenvalue weighted by Gasteiger charge is -2.12. The molecule has 1 heterocycles. The first-order chi connectivity index (χ1) is 9.06. The number of ether oxygens (including phenoxy) is 1.